The third kappa shape index (κ3) is 3.24. The summed E-state index contributed by atoms with van der Waals surface area (Å²) in [5, 5.41) is 6.06. The van der Waals surface area contributed by atoms with Crippen LogP contribution in [0, 0.1) is 0 Å². The first-order chi connectivity index (χ1) is 10.1. The topological polar surface area (TPSA) is 51.2 Å². The smallest absolute Gasteiger partial charge is 0.224 e. The molecule has 4 nitrogen and oxygen atoms in total. The molecule has 0 saturated carbocycles. The SMILES string of the molecule is CC(C)c1nc(COc2ccc3c(c2)CCC(=O)N3)cs1. The normalized spacial score (nSPS) is 14.0. The molecule has 2 heterocycles. The maximum atomic E-state index is 11.3. The number of hydrogen-bond donors (Lipinski definition) is 1. The van der Waals surface area contributed by atoms with Crippen LogP contribution in [0.15, 0.2) is 23.6 Å². The Kier molecular flexibility index (Phi) is 3.92. The van der Waals surface area contributed by atoms with Crippen LogP contribution in [-0.2, 0) is 17.8 Å². The maximum Gasteiger partial charge on any atom is 0.224 e. The fraction of sp³-hybridized carbons (Fsp3) is 0.375. The molecule has 2 aromatic rings. The Morgan fingerprint density at radius 2 is 2.24 bits per heavy atom. The predicted molar refractivity (Wildman–Crippen MR) is 83.9 cm³/mol. The molecule has 0 radical (unpaired) electrons. The first-order valence-electron chi connectivity index (χ1n) is 7.11. The van der Waals surface area contributed by atoms with Gasteiger partial charge in [-0.3, -0.25) is 4.79 Å². The predicted octanol–water partition coefficient (Wildman–Crippen LogP) is 3.73. The van der Waals surface area contributed by atoms with E-state index in [-0.39, 0.29) is 5.91 Å². The molecule has 0 saturated heterocycles. The molecule has 110 valence electrons. The molecule has 0 spiro atoms. The minimum Gasteiger partial charge on any atom is -0.487 e. The number of aromatic nitrogens is 1. The summed E-state index contributed by atoms with van der Waals surface area (Å²) in [6.07, 6.45) is 1.31. The summed E-state index contributed by atoms with van der Waals surface area (Å²) in [5.41, 5.74) is 3.00. The molecule has 1 aliphatic rings. The Hall–Kier alpha value is -1.88. The van der Waals surface area contributed by atoms with Crippen LogP contribution >= 0.6 is 11.3 Å². The molecule has 0 fully saturated rings. The average molecular weight is 302 g/mol. The van der Waals surface area contributed by atoms with Crippen molar-refractivity contribution >= 4 is 22.9 Å². The number of anilines is 1. The number of hydrogen-bond acceptors (Lipinski definition) is 4. The Balaban J connectivity index is 1.66. The number of fused-ring (bicyclic) bond motifs is 1. The summed E-state index contributed by atoms with van der Waals surface area (Å²) in [7, 11) is 0. The summed E-state index contributed by atoms with van der Waals surface area (Å²) >= 11 is 1.68. The summed E-state index contributed by atoms with van der Waals surface area (Å²) in [6, 6.07) is 5.80. The van der Waals surface area contributed by atoms with Gasteiger partial charge in [-0.15, -0.1) is 11.3 Å². The number of aryl methyl sites for hydroxylation is 1. The van der Waals surface area contributed by atoms with Crippen molar-refractivity contribution in [3.05, 3.63) is 39.8 Å². The second kappa shape index (κ2) is 5.85. The number of benzene rings is 1. The van der Waals surface area contributed by atoms with E-state index < -0.39 is 0 Å². The van der Waals surface area contributed by atoms with Gasteiger partial charge in [0.1, 0.15) is 12.4 Å². The number of amides is 1. The van der Waals surface area contributed by atoms with Crippen molar-refractivity contribution in [1.82, 2.24) is 4.98 Å². The Labute approximate surface area is 128 Å². The van der Waals surface area contributed by atoms with E-state index in [1.807, 2.05) is 23.6 Å². The first kappa shape index (κ1) is 14.1. The molecule has 0 atom stereocenters. The van der Waals surface area contributed by atoms with Gasteiger partial charge in [0.05, 0.1) is 10.7 Å². The van der Waals surface area contributed by atoms with Gasteiger partial charge in [0.15, 0.2) is 0 Å². The van der Waals surface area contributed by atoms with Crippen LogP contribution < -0.4 is 10.1 Å². The molecule has 5 heteroatoms. The van der Waals surface area contributed by atoms with E-state index in [1.165, 1.54) is 0 Å². The molecule has 1 aliphatic heterocycles. The van der Waals surface area contributed by atoms with Crippen molar-refractivity contribution in [2.75, 3.05) is 5.32 Å². The van der Waals surface area contributed by atoms with Gasteiger partial charge < -0.3 is 10.1 Å². The van der Waals surface area contributed by atoms with Crippen molar-refractivity contribution in [3.8, 4) is 5.75 Å². The quantitative estimate of drug-likeness (QED) is 0.936. The molecule has 0 unspecified atom stereocenters. The minimum atomic E-state index is 0.0832. The molecule has 1 amide bonds. The summed E-state index contributed by atoms with van der Waals surface area (Å²) < 4.78 is 5.81. The van der Waals surface area contributed by atoms with Crippen molar-refractivity contribution in [1.29, 1.82) is 0 Å². The maximum absolute atomic E-state index is 11.3. The van der Waals surface area contributed by atoms with E-state index in [4.69, 9.17) is 4.74 Å². The number of nitrogens with one attached hydrogen (secondary N) is 1. The molecular weight excluding hydrogens is 284 g/mol. The van der Waals surface area contributed by atoms with Crippen LogP contribution in [0.2, 0.25) is 0 Å². The zero-order valence-electron chi connectivity index (χ0n) is 12.2. The van der Waals surface area contributed by atoms with Gasteiger partial charge in [0.25, 0.3) is 0 Å². The van der Waals surface area contributed by atoms with Crippen molar-refractivity contribution in [2.24, 2.45) is 0 Å². The summed E-state index contributed by atoms with van der Waals surface area (Å²) in [4.78, 5) is 15.9. The molecule has 0 aliphatic carbocycles. The average Bonchev–Trinajstić information content (AvgIpc) is 2.94. The lowest BCUT2D eigenvalue weighted by Crippen LogP contribution is -2.18. The van der Waals surface area contributed by atoms with Crippen LogP contribution in [0.3, 0.4) is 0 Å². The van der Waals surface area contributed by atoms with Crippen molar-refractivity contribution < 1.29 is 9.53 Å². The van der Waals surface area contributed by atoms with E-state index in [1.54, 1.807) is 11.3 Å². The molecule has 1 aromatic carbocycles. The van der Waals surface area contributed by atoms with Crippen LogP contribution in [-0.4, -0.2) is 10.9 Å². The lowest BCUT2D eigenvalue weighted by Gasteiger charge is -2.17. The highest BCUT2D eigenvalue weighted by Gasteiger charge is 2.15. The van der Waals surface area contributed by atoms with Gasteiger partial charge in [-0.2, -0.15) is 0 Å². The highest BCUT2D eigenvalue weighted by molar-refractivity contribution is 7.09. The summed E-state index contributed by atoms with van der Waals surface area (Å²) in [5.74, 6) is 1.36. The Bertz CT molecular complexity index is 664. The third-order valence-corrected chi connectivity index (χ3v) is 4.62. The van der Waals surface area contributed by atoms with E-state index >= 15 is 0 Å². The van der Waals surface area contributed by atoms with Crippen LogP contribution in [0.1, 0.15) is 42.5 Å². The van der Waals surface area contributed by atoms with Gasteiger partial charge >= 0.3 is 0 Å². The molecule has 1 N–H and O–H groups in total. The lowest BCUT2D eigenvalue weighted by atomic mass is 10.0. The fourth-order valence-electron chi connectivity index (χ4n) is 2.26. The van der Waals surface area contributed by atoms with Gasteiger partial charge in [-0.1, -0.05) is 13.8 Å². The van der Waals surface area contributed by atoms with Crippen molar-refractivity contribution in [2.45, 2.75) is 39.2 Å². The largest absolute Gasteiger partial charge is 0.487 e. The third-order valence-electron chi connectivity index (χ3n) is 3.42. The zero-order chi connectivity index (χ0) is 14.8. The van der Waals surface area contributed by atoms with Gasteiger partial charge in [-0.05, 0) is 30.2 Å². The second-order valence-electron chi connectivity index (χ2n) is 5.49. The van der Waals surface area contributed by atoms with E-state index in [2.05, 4.69) is 24.1 Å². The molecule has 1 aromatic heterocycles. The highest BCUT2D eigenvalue weighted by atomic mass is 32.1. The molecular formula is C16H18N2O2S. The van der Waals surface area contributed by atoms with Gasteiger partial charge in [0.2, 0.25) is 5.91 Å². The molecule has 3 rings (SSSR count). The second-order valence-corrected chi connectivity index (χ2v) is 6.38. The van der Waals surface area contributed by atoms with Crippen LogP contribution in [0.25, 0.3) is 0 Å². The highest BCUT2D eigenvalue weighted by Crippen LogP contribution is 2.27. The zero-order valence-corrected chi connectivity index (χ0v) is 13.0. The number of carbonyl (C=O) groups is 1. The van der Waals surface area contributed by atoms with Crippen LogP contribution in [0.4, 0.5) is 5.69 Å². The number of carbonyl (C=O) groups excluding carboxylic acids is 1. The number of rotatable bonds is 4. The first-order valence-corrected chi connectivity index (χ1v) is 7.99. The minimum absolute atomic E-state index is 0.0832. The molecule has 0 bridgehead atoms. The van der Waals surface area contributed by atoms with Crippen molar-refractivity contribution in [3.63, 3.8) is 0 Å². The van der Waals surface area contributed by atoms with Crippen LogP contribution in [0.5, 0.6) is 5.75 Å². The standard InChI is InChI=1S/C16H18N2O2S/c1-10(2)16-17-12(9-21-16)8-20-13-4-5-14-11(7-13)3-6-15(19)18-14/h4-5,7,9-10H,3,6,8H2,1-2H3,(H,18,19). The number of thiazole rings is 1. The van der Waals surface area contributed by atoms with E-state index in [0.29, 0.717) is 18.9 Å². The fourth-order valence-corrected chi connectivity index (χ4v) is 3.08. The number of nitrogens with zero attached hydrogens (tertiary/aromatic N) is 1. The lowest BCUT2D eigenvalue weighted by molar-refractivity contribution is -0.116. The summed E-state index contributed by atoms with van der Waals surface area (Å²) in [6.45, 7) is 4.76. The monoisotopic (exact) mass is 302 g/mol. The molecule has 21 heavy (non-hydrogen) atoms. The van der Waals surface area contributed by atoms with E-state index in [0.717, 1.165) is 34.1 Å². The van der Waals surface area contributed by atoms with E-state index in [9.17, 15) is 4.79 Å². The van der Waals surface area contributed by atoms with Gasteiger partial charge in [-0.25, -0.2) is 4.98 Å². The Morgan fingerprint density at radius 3 is 3.00 bits per heavy atom. The van der Waals surface area contributed by atoms with Gasteiger partial charge in [0, 0.05) is 23.4 Å². The Morgan fingerprint density at radius 1 is 1.38 bits per heavy atom. The number of ether oxygens (including phenoxy) is 1.